The van der Waals surface area contributed by atoms with Crippen molar-refractivity contribution in [3.63, 3.8) is 0 Å². The van der Waals surface area contributed by atoms with Crippen molar-refractivity contribution in [2.24, 2.45) is 0 Å². The van der Waals surface area contributed by atoms with Crippen molar-refractivity contribution in [3.05, 3.63) is 71.6 Å². The fraction of sp³-hybridized carbons (Fsp3) is 0.412. The predicted octanol–water partition coefficient (Wildman–Crippen LogP) is 5.16. The molecule has 0 unspecified atom stereocenters. The number of esters is 2. The Morgan fingerprint density at radius 1 is 0.479 bits per heavy atom. The van der Waals surface area contributed by atoms with Crippen molar-refractivity contribution in [2.45, 2.75) is 27.7 Å². The summed E-state index contributed by atoms with van der Waals surface area (Å²) < 4.78 is 34.0. The third-order valence-electron chi connectivity index (χ3n) is 7.82. The lowest BCUT2D eigenvalue weighted by Gasteiger charge is -2.34. The largest absolute Gasteiger partial charge is 0.460 e. The maximum Gasteiger partial charge on any atom is 0.374 e. The molecule has 1 aliphatic rings. The predicted molar refractivity (Wildman–Crippen MR) is 176 cm³/mol. The summed E-state index contributed by atoms with van der Waals surface area (Å²) in [7, 11) is 0. The van der Waals surface area contributed by atoms with Crippen LogP contribution in [0.15, 0.2) is 66.2 Å². The number of Topliss-reactive ketones (excluding diaryl/α,β-unsaturated/α-hetero) is 2. The number of ether oxygens (including phenoxy) is 2. The Morgan fingerprint density at radius 3 is 0.958 bits per heavy atom. The van der Waals surface area contributed by atoms with E-state index in [0.29, 0.717) is 75.9 Å². The Bertz CT molecular complexity index is 1590. The van der Waals surface area contributed by atoms with Gasteiger partial charge in [0.15, 0.2) is 46.6 Å². The van der Waals surface area contributed by atoms with Gasteiger partial charge >= 0.3 is 11.9 Å². The van der Waals surface area contributed by atoms with Gasteiger partial charge < -0.3 is 46.7 Å². The first-order valence-corrected chi connectivity index (χ1v) is 15.9. The molecular weight excluding hydrogens is 624 g/mol. The lowest BCUT2D eigenvalue weighted by Crippen LogP contribution is -2.46. The highest BCUT2D eigenvalue weighted by Gasteiger charge is 2.25. The first kappa shape index (κ1) is 33.9. The SMILES string of the molecule is CCOC(=O)c1ccc(N2CCN(c3ccc(C(C)=O)o3)CCN(c3ccc(C(C)=O)o3)CCN(c3ccc(C(=O)OCC)o3)CC2)o1. The molecule has 0 saturated carbocycles. The van der Waals surface area contributed by atoms with Crippen molar-refractivity contribution in [1.82, 2.24) is 0 Å². The molecule has 5 heterocycles. The average Bonchev–Trinajstić information content (AvgIpc) is 3.88. The van der Waals surface area contributed by atoms with Crippen molar-refractivity contribution in [3.8, 4) is 0 Å². The van der Waals surface area contributed by atoms with E-state index in [9.17, 15) is 19.2 Å². The van der Waals surface area contributed by atoms with Crippen LogP contribution in [0, 0.1) is 0 Å². The van der Waals surface area contributed by atoms with Crippen molar-refractivity contribution in [1.29, 1.82) is 0 Å². The third kappa shape index (κ3) is 8.11. The van der Waals surface area contributed by atoms with Gasteiger partial charge in [0.2, 0.25) is 11.5 Å². The number of hydrogen-bond donors (Lipinski definition) is 0. The topological polar surface area (TPSA) is 152 Å². The molecule has 256 valence electrons. The fourth-order valence-corrected chi connectivity index (χ4v) is 5.29. The number of hydrogen-bond acceptors (Lipinski definition) is 14. The van der Waals surface area contributed by atoms with E-state index in [-0.39, 0.29) is 47.8 Å². The van der Waals surface area contributed by atoms with Crippen molar-refractivity contribution < 1.29 is 46.3 Å². The van der Waals surface area contributed by atoms with E-state index >= 15 is 0 Å². The number of anilines is 4. The summed E-state index contributed by atoms with van der Waals surface area (Å²) in [4.78, 5) is 56.9. The zero-order chi connectivity index (χ0) is 34.2. The van der Waals surface area contributed by atoms with E-state index in [2.05, 4.69) is 0 Å². The highest BCUT2D eigenvalue weighted by atomic mass is 16.5. The second-order valence-electron chi connectivity index (χ2n) is 11.1. The fourth-order valence-electron chi connectivity index (χ4n) is 5.29. The molecule has 0 amide bonds. The number of carbonyl (C=O) groups is 4. The number of ketones is 2. The number of rotatable bonds is 10. The summed E-state index contributed by atoms with van der Waals surface area (Å²) in [5.74, 6) is 1.21. The van der Waals surface area contributed by atoms with Gasteiger partial charge in [-0.1, -0.05) is 0 Å². The quantitative estimate of drug-likeness (QED) is 0.162. The van der Waals surface area contributed by atoms with E-state index in [0.717, 1.165) is 0 Å². The molecule has 1 saturated heterocycles. The van der Waals surface area contributed by atoms with Crippen molar-refractivity contribution >= 4 is 47.0 Å². The Labute approximate surface area is 277 Å². The molecule has 14 nitrogen and oxygen atoms in total. The summed E-state index contributed by atoms with van der Waals surface area (Å²) in [5, 5.41) is 0. The minimum Gasteiger partial charge on any atom is -0.460 e. The Hall–Kier alpha value is -5.40. The molecule has 14 heteroatoms. The first-order chi connectivity index (χ1) is 23.2. The van der Waals surface area contributed by atoms with Crippen LogP contribution in [0.4, 0.5) is 23.5 Å². The maximum absolute atomic E-state index is 12.4. The van der Waals surface area contributed by atoms with Gasteiger partial charge in [0, 0.05) is 90.5 Å². The smallest absolute Gasteiger partial charge is 0.374 e. The van der Waals surface area contributed by atoms with Gasteiger partial charge in [-0.2, -0.15) is 0 Å². The van der Waals surface area contributed by atoms with E-state index < -0.39 is 11.9 Å². The summed E-state index contributed by atoms with van der Waals surface area (Å²) in [6, 6.07) is 13.5. The highest BCUT2D eigenvalue weighted by molar-refractivity contribution is 5.92. The van der Waals surface area contributed by atoms with E-state index in [1.54, 1.807) is 62.4 Å². The first-order valence-electron chi connectivity index (χ1n) is 15.9. The third-order valence-corrected chi connectivity index (χ3v) is 7.82. The zero-order valence-electron chi connectivity index (χ0n) is 27.6. The number of carbonyl (C=O) groups excluding carboxylic acids is 4. The molecule has 4 aromatic heterocycles. The van der Waals surface area contributed by atoms with Crippen LogP contribution >= 0.6 is 0 Å². The van der Waals surface area contributed by atoms with Crippen LogP contribution < -0.4 is 19.6 Å². The molecule has 4 aromatic rings. The van der Waals surface area contributed by atoms with Crippen LogP contribution in [0.2, 0.25) is 0 Å². The van der Waals surface area contributed by atoms with Gasteiger partial charge in [-0.15, -0.1) is 0 Å². The lowest BCUT2D eigenvalue weighted by atomic mass is 10.3. The molecule has 0 bridgehead atoms. The van der Waals surface area contributed by atoms with E-state index in [1.165, 1.54) is 13.8 Å². The van der Waals surface area contributed by atoms with Gasteiger partial charge in [0.1, 0.15) is 0 Å². The average molecular weight is 665 g/mol. The van der Waals surface area contributed by atoms with Crippen LogP contribution in [-0.4, -0.2) is 89.1 Å². The molecule has 1 fully saturated rings. The van der Waals surface area contributed by atoms with Gasteiger partial charge in [0.25, 0.3) is 0 Å². The van der Waals surface area contributed by atoms with Crippen LogP contribution in [0.3, 0.4) is 0 Å². The van der Waals surface area contributed by atoms with Gasteiger partial charge in [-0.3, -0.25) is 9.59 Å². The maximum atomic E-state index is 12.4. The highest BCUT2D eigenvalue weighted by Crippen LogP contribution is 2.26. The molecule has 0 aliphatic carbocycles. The van der Waals surface area contributed by atoms with Crippen LogP contribution in [0.5, 0.6) is 0 Å². The summed E-state index contributed by atoms with van der Waals surface area (Å²) in [5.41, 5.74) is 0. The Balaban J connectivity index is 1.47. The molecule has 0 spiro atoms. The number of furan rings is 4. The van der Waals surface area contributed by atoms with Gasteiger partial charge in [0.05, 0.1) is 13.2 Å². The van der Waals surface area contributed by atoms with E-state index in [4.69, 9.17) is 27.1 Å². The second kappa shape index (κ2) is 15.5. The normalized spacial score (nSPS) is 14.8. The van der Waals surface area contributed by atoms with Crippen LogP contribution in [0.25, 0.3) is 0 Å². The zero-order valence-corrected chi connectivity index (χ0v) is 27.6. The lowest BCUT2D eigenvalue weighted by molar-refractivity contribution is 0.0482. The molecule has 1 aliphatic heterocycles. The summed E-state index contributed by atoms with van der Waals surface area (Å²) in [6.07, 6.45) is 0. The number of nitrogens with zero attached hydrogens (tertiary/aromatic N) is 4. The summed E-state index contributed by atoms with van der Waals surface area (Å²) >= 11 is 0. The summed E-state index contributed by atoms with van der Waals surface area (Å²) in [6.45, 7) is 10.4. The minimum atomic E-state index is -0.554. The Kier molecular flexibility index (Phi) is 10.9. The monoisotopic (exact) mass is 664 g/mol. The van der Waals surface area contributed by atoms with Gasteiger partial charge in [-0.05, 0) is 38.1 Å². The minimum absolute atomic E-state index is 0.0907. The van der Waals surface area contributed by atoms with Crippen molar-refractivity contribution in [2.75, 3.05) is 85.2 Å². The molecule has 0 N–H and O–H groups in total. The standard InChI is InChI=1S/C34H40N4O10/c1-5-43-33(41)27-9-13-31(47-27)37-19-17-35(29-11-7-25(45-29)23(3)39)15-16-36(30-12-8-26(46-30)24(4)40)18-20-38(22-21-37)32-14-10-28(48-32)34(42)44-6-2/h7-14H,5-6,15-22H2,1-4H3. The molecule has 5 rings (SSSR count). The second-order valence-corrected chi connectivity index (χ2v) is 11.1. The van der Waals surface area contributed by atoms with Crippen LogP contribution in [-0.2, 0) is 9.47 Å². The molecule has 0 radical (unpaired) electrons. The molecular formula is C34H40N4O10. The van der Waals surface area contributed by atoms with Gasteiger partial charge in [-0.25, -0.2) is 9.59 Å². The van der Waals surface area contributed by atoms with E-state index in [1.807, 2.05) is 19.6 Å². The molecule has 0 atom stereocenters. The molecule has 48 heavy (non-hydrogen) atoms. The Morgan fingerprint density at radius 2 is 0.729 bits per heavy atom. The molecule has 0 aromatic carbocycles. The van der Waals surface area contributed by atoms with Crippen LogP contribution in [0.1, 0.15) is 69.9 Å².